The Morgan fingerprint density at radius 1 is 1.50 bits per heavy atom. The van der Waals surface area contributed by atoms with Gasteiger partial charge in [0.15, 0.2) is 0 Å². The van der Waals surface area contributed by atoms with E-state index in [0.717, 1.165) is 19.3 Å². The first-order valence-corrected chi connectivity index (χ1v) is 4.87. The Hall–Kier alpha value is -0.550. The zero-order valence-electron chi connectivity index (χ0n) is 7.66. The highest BCUT2D eigenvalue weighted by Gasteiger charge is 2.28. The van der Waals surface area contributed by atoms with E-state index in [1.165, 1.54) is 12.8 Å². The molecule has 0 saturated heterocycles. The van der Waals surface area contributed by atoms with Crippen LogP contribution in [0.1, 0.15) is 39.0 Å². The number of nitrogens with zero attached hydrogens (tertiary/aromatic N) is 1. The second-order valence-electron chi connectivity index (χ2n) is 3.68. The topological polar surface area (TPSA) is 44.0 Å². The van der Waals surface area contributed by atoms with Crippen LogP contribution in [-0.2, 0) is 0 Å². The fourth-order valence-corrected chi connectivity index (χ4v) is 2.04. The van der Waals surface area contributed by atoms with Crippen LogP contribution in [0.25, 0.3) is 0 Å². The van der Waals surface area contributed by atoms with Gasteiger partial charge in [-0.3, -0.25) is 0 Å². The Kier molecular flexibility index (Phi) is 3.55. The highest BCUT2D eigenvalue weighted by atomic mass is 16.3. The molecule has 0 radical (unpaired) electrons. The van der Waals surface area contributed by atoms with E-state index >= 15 is 0 Å². The fourth-order valence-electron chi connectivity index (χ4n) is 2.04. The molecule has 0 aliphatic heterocycles. The zero-order chi connectivity index (χ0) is 8.97. The van der Waals surface area contributed by atoms with Gasteiger partial charge >= 0.3 is 0 Å². The average Bonchev–Trinajstić information content (AvgIpc) is 2.58. The molecule has 1 N–H and O–H groups in total. The van der Waals surface area contributed by atoms with E-state index in [4.69, 9.17) is 5.26 Å². The minimum atomic E-state index is -0.373. The molecule has 2 heteroatoms. The molecule has 2 nitrogen and oxygen atoms in total. The van der Waals surface area contributed by atoms with E-state index in [1.807, 2.05) is 6.92 Å². The molecule has 0 heterocycles. The van der Waals surface area contributed by atoms with Crippen LogP contribution in [0.5, 0.6) is 0 Å². The molecule has 0 aromatic carbocycles. The van der Waals surface area contributed by atoms with Crippen LogP contribution in [0.15, 0.2) is 0 Å². The van der Waals surface area contributed by atoms with Crippen LogP contribution in [0, 0.1) is 23.2 Å². The Morgan fingerprint density at radius 2 is 2.08 bits per heavy atom. The molecule has 0 aromatic rings. The quantitative estimate of drug-likeness (QED) is 0.699. The van der Waals surface area contributed by atoms with Crippen molar-refractivity contribution in [2.75, 3.05) is 0 Å². The van der Waals surface area contributed by atoms with Crippen LogP contribution < -0.4 is 0 Å². The summed E-state index contributed by atoms with van der Waals surface area (Å²) in [6.07, 6.45) is 5.07. The van der Waals surface area contributed by atoms with E-state index in [9.17, 15) is 5.11 Å². The maximum absolute atomic E-state index is 9.79. The van der Waals surface area contributed by atoms with E-state index in [-0.39, 0.29) is 12.0 Å². The van der Waals surface area contributed by atoms with Gasteiger partial charge in [0.1, 0.15) is 0 Å². The third-order valence-electron chi connectivity index (χ3n) is 2.90. The summed E-state index contributed by atoms with van der Waals surface area (Å²) in [5.74, 6) is 0.252. The molecule has 0 amide bonds. The first-order valence-electron chi connectivity index (χ1n) is 4.87. The second kappa shape index (κ2) is 4.47. The van der Waals surface area contributed by atoms with Crippen LogP contribution in [0.4, 0.5) is 0 Å². The van der Waals surface area contributed by atoms with Crippen LogP contribution in [0.2, 0.25) is 0 Å². The van der Waals surface area contributed by atoms with Crippen LogP contribution >= 0.6 is 0 Å². The molecule has 68 valence electrons. The molecule has 1 rings (SSSR count). The minimum absolute atomic E-state index is 0.145. The van der Waals surface area contributed by atoms with Gasteiger partial charge in [-0.15, -0.1) is 0 Å². The molecule has 0 aromatic heterocycles. The lowest BCUT2D eigenvalue weighted by atomic mass is 9.89. The first-order chi connectivity index (χ1) is 5.79. The normalized spacial score (nSPS) is 23.4. The molecule has 0 spiro atoms. The van der Waals surface area contributed by atoms with Crippen molar-refractivity contribution in [1.82, 2.24) is 0 Å². The van der Waals surface area contributed by atoms with E-state index in [1.54, 1.807) is 0 Å². The lowest BCUT2D eigenvalue weighted by Crippen LogP contribution is -2.26. The van der Waals surface area contributed by atoms with Gasteiger partial charge in [0.2, 0.25) is 0 Å². The highest BCUT2D eigenvalue weighted by Crippen LogP contribution is 2.31. The number of rotatable bonds is 3. The summed E-state index contributed by atoms with van der Waals surface area (Å²) in [6.45, 7) is 1.96. The maximum atomic E-state index is 9.79. The molecule has 12 heavy (non-hydrogen) atoms. The molecule has 1 saturated carbocycles. The number of aliphatic hydroxyl groups excluding tert-OH is 1. The van der Waals surface area contributed by atoms with Gasteiger partial charge in [-0.25, -0.2) is 0 Å². The number of hydrogen-bond acceptors (Lipinski definition) is 2. The lowest BCUT2D eigenvalue weighted by Gasteiger charge is -2.20. The Balaban J connectivity index is 2.44. The van der Waals surface area contributed by atoms with Gasteiger partial charge in [0.05, 0.1) is 18.1 Å². The van der Waals surface area contributed by atoms with E-state index < -0.39 is 0 Å². The van der Waals surface area contributed by atoms with Gasteiger partial charge in [-0.05, 0) is 25.2 Å². The third-order valence-corrected chi connectivity index (χ3v) is 2.90. The number of hydrogen-bond donors (Lipinski definition) is 1. The predicted octanol–water partition coefficient (Wildman–Crippen LogP) is 2.09. The molecule has 1 aliphatic carbocycles. The van der Waals surface area contributed by atoms with Crippen LogP contribution in [-0.4, -0.2) is 11.2 Å². The highest BCUT2D eigenvalue weighted by molar-refractivity contribution is 4.91. The molecular weight excluding hydrogens is 150 g/mol. The predicted molar refractivity (Wildman–Crippen MR) is 47.4 cm³/mol. The number of nitriles is 1. The average molecular weight is 167 g/mol. The van der Waals surface area contributed by atoms with Gasteiger partial charge in [-0.2, -0.15) is 5.26 Å². The van der Waals surface area contributed by atoms with Crippen molar-refractivity contribution in [2.45, 2.75) is 45.1 Å². The van der Waals surface area contributed by atoms with Gasteiger partial charge in [-0.1, -0.05) is 19.8 Å². The summed E-state index contributed by atoms with van der Waals surface area (Å²) in [4.78, 5) is 0. The maximum Gasteiger partial charge on any atom is 0.0726 e. The molecule has 1 fully saturated rings. The molecular formula is C10H17NO. The second-order valence-corrected chi connectivity index (χ2v) is 3.68. The van der Waals surface area contributed by atoms with Crippen molar-refractivity contribution in [3.8, 4) is 6.07 Å². The standard InChI is InChI=1S/C10H17NO/c1-2-8(7-11)10(12)9-5-3-4-6-9/h8-10,12H,2-6H2,1H3. The summed E-state index contributed by atoms with van der Waals surface area (Å²) in [7, 11) is 0. The zero-order valence-corrected chi connectivity index (χ0v) is 7.66. The number of aliphatic hydroxyl groups is 1. The fraction of sp³-hybridized carbons (Fsp3) is 0.900. The molecule has 2 unspecified atom stereocenters. The lowest BCUT2D eigenvalue weighted by molar-refractivity contribution is 0.0726. The van der Waals surface area contributed by atoms with Crippen LogP contribution in [0.3, 0.4) is 0 Å². The summed E-state index contributed by atoms with van der Waals surface area (Å²) < 4.78 is 0. The van der Waals surface area contributed by atoms with E-state index in [2.05, 4.69) is 6.07 Å². The Bertz CT molecular complexity index is 167. The van der Waals surface area contributed by atoms with Crippen molar-refractivity contribution in [1.29, 1.82) is 5.26 Å². The van der Waals surface area contributed by atoms with Gasteiger partial charge in [0, 0.05) is 0 Å². The third kappa shape index (κ3) is 1.98. The summed E-state index contributed by atoms with van der Waals surface area (Å²) >= 11 is 0. The monoisotopic (exact) mass is 167 g/mol. The van der Waals surface area contributed by atoms with Crippen molar-refractivity contribution < 1.29 is 5.11 Å². The minimum Gasteiger partial charge on any atom is -0.391 e. The van der Waals surface area contributed by atoms with Crippen molar-refractivity contribution >= 4 is 0 Å². The van der Waals surface area contributed by atoms with Gasteiger partial charge in [0.25, 0.3) is 0 Å². The Labute approximate surface area is 74.2 Å². The van der Waals surface area contributed by atoms with Crippen molar-refractivity contribution in [3.63, 3.8) is 0 Å². The Morgan fingerprint density at radius 3 is 2.50 bits per heavy atom. The molecule has 0 bridgehead atoms. The summed E-state index contributed by atoms with van der Waals surface area (Å²) in [6, 6.07) is 2.18. The molecule has 2 atom stereocenters. The SMILES string of the molecule is CCC(C#N)C(O)C1CCCC1. The first kappa shape index (κ1) is 9.54. The van der Waals surface area contributed by atoms with Gasteiger partial charge < -0.3 is 5.11 Å². The van der Waals surface area contributed by atoms with Crippen molar-refractivity contribution in [2.24, 2.45) is 11.8 Å². The van der Waals surface area contributed by atoms with E-state index in [0.29, 0.717) is 5.92 Å². The van der Waals surface area contributed by atoms with Crippen molar-refractivity contribution in [3.05, 3.63) is 0 Å². The summed E-state index contributed by atoms with van der Waals surface area (Å²) in [5.41, 5.74) is 0. The summed E-state index contributed by atoms with van der Waals surface area (Å²) in [5, 5.41) is 18.5. The smallest absolute Gasteiger partial charge is 0.0726 e. The largest absolute Gasteiger partial charge is 0.391 e. The molecule has 1 aliphatic rings.